The van der Waals surface area contributed by atoms with Crippen molar-refractivity contribution in [2.45, 2.75) is 25.4 Å². The van der Waals surface area contributed by atoms with Crippen LogP contribution in [0.15, 0.2) is 28.7 Å². The monoisotopic (exact) mass is 328 g/mol. The molecule has 0 unspecified atom stereocenters. The van der Waals surface area contributed by atoms with E-state index in [-0.39, 0.29) is 0 Å². The number of ether oxygens (including phenoxy) is 1. The molecule has 1 aromatic carbocycles. The molecule has 1 fully saturated rings. The molecule has 106 valence electrons. The molecule has 19 heavy (non-hydrogen) atoms. The number of benzene rings is 1. The van der Waals surface area contributed by atoms with Crippen molar-refractivity contribution in [3.63, 3.8) is 0 Å². The smallest absolute Gasteiger partial charge is 0.101 e. The predicted octanol–water partition coefficient (Wildman–Crippen LogP) is 1.35. The zero-order valence-electron chi connectivity index (χ0n) is 11.5. The maximum atomic E-state index is 10.9. The minimum Gasteiger partial charge on any atom is -0.385 e. The highest BCUT2D eigenvalue weighted by Gasteiger charge is 2.29. The molecule has 0 aliphatic carbocycles. The Balaban J connectivity index is 1.98. The van der Waals surface area contributed by atoms with Crippen molar-refractivity contribution in [1.82, 2.24) is 0 Å². The number of morpholine rings is 1. The number of hydrogen-bond donors (Lipinski definition) is 2. The summed E-state index contributed by atoms with van der Waals surface area (Å²) in [5, 5.41) is 10.9. The quantitative estimate of drug-likeness (QED) is 0.855. The van der Waals surface area contributed by atoms with Gasteiger partial charge in [0.1, 0.15) is 13.1 Å². The van der Waals surface area contributed by atoms with Gasteiger partial charge in [0.05, 0.1) is 25.4 Å². The van der Waals surface area contributed by atoms with Gasteiger partial charge in [-0.2, -0.15) is 0 Å². The van der Waals surface area contributed by atoms with E-state index in [0.29, 0.717) is 0 Å². The van der Waals surface area contributed by atoms with E-state index < -0.39 is 5.60 Å². The van der Waals surface area contributed by atoms with Gasteiger partial charge in [-0.15, -0.1) is 0 Å². The lowest BCUT2D eigenvalue weighted by Crippen LogP contribution is -3.14. The van der Waals surface area contributed by atoms with E-state index in [1.807, 2.05) is 24.3 Å². The Bertz CT molecular complexity index is 390. The Morgan fingerprint density at radius 3 is 2.47 bits per heavy atom. The third-order valence-electron chi connectivity index (χ3n) is 4.06. The Morgan fingerprint density at radius 1 is 1.26 bits per heavy atom. The maximum Gasteiger partial charge on any atom is 0.101 e. The number of hydrogen-bond acceptors (Lipinski definition) is 2. The molecule has 4 heteroatoms. The summed E-state index contributed by atoms with van der Waals surface area (Å²) < 4.78 is 6.42. The summed E-state index contributed by atoms with van der Waals surface area (Å²) in [6, 6.07) is 8.03. The molecule has 1 saturated heterocycles. The second-order valence-electron chi connectivity index (χ2n) is 5.25. The van der Waals surface area contributed by atoms with Crippen molar-refractivity contribution in [3.05, 3.63) is 34.3 Å². The zero-order chi connectivity index (χ0) is 13.7. The minimum atomic E-state index is -0.702. The Hall–Kier alpha value is -0.420. The normalized spacial score (nSPS) is 20.2. The average molecular weight is 329 g/mol. The molecule has 0 amide bonds. The highest BCUT2D eigenvalue weighted by Crippen LogP contribution is 2.29. The maximum absolute atomic E-state index is 10.9. The lowest BCUT2D eigenvalue weighted by atomic mass is 9.88. The number of rotatable bonds is 5. The van der Waals surface area contributed by atoms with Crippen LogP contribution in [0.1, 0.15) is 25.3 Å². The first-order chi connectivity index (χ1) is 9.14. The highest BCUT2D eigenvalue weighted by atomic mass is 79.9. The topological polar surface area (TPSA) is 33.9 Å². The van der Waals surface area contributed by atoms with Gasteiger partial charge in [-0.1, -0.05) is 35.0 Å². The molecule has 1 heterocycles. The lowest BCUT2D eigenvalue weighted by Gasteiger charge is -2.31. The van der Waals surface area contributed by atoms with Crippen LogP contribution in [0.25, 0.3) is 0 Å². The molecule has 1 atom stereocenters. The fourth-order valence-corrected chi connectivity index (χ4v) is 2.84. The number of nitrogens with one attached hydrogen (secondary N) is 1. The van der Waals surface area contributed by atoms with Crippen LogP contribution in [0, 0.1) is 0 Å². The predicted molar refractivity (Wildman–Crippen MR) is 79.3 cm³/mol. The lowest BCUT2D eigenvalue weighted by molar-refractivity contribution is -0.909. The van der Waals surface area contributed by atoms with E-state index >= 15 is 0 Å². The summed E-state index contributed by atoms with van der Waals surface area (Å²) in [4.78, 5) is 1.54. The summed E-state index contributed by atoms with van der Waals surface area (Å²) in [5.41, 5.74) is 0.317. The number of aliphatic hydroxyl groups is 1. The molecule has 0 radical (unpaired) electrons. The van der Waals surface area contributed by atoms with Gasteiger partial charge in [-0.3, -0.25) is 0 Å². The summed E-state index contributed by atoms with van der Waals surface area (Å²) in [6.45, 7) is 6.86. The van der Waals surface area contributed by atoms with Crippen LogP contribution in [0.2, 0.25) is 0 Å². The molecule has 0 spiro atoms. The van der Waals surface area contributed by atoms with Gasteiger partial charge in [0.2, 0.25) is 0 Å². The fraction of sp³-hybridized carbons (Fsp3) is 0.600. The summed E-state index contributed by atoms with van der Waals surface area (Å²) in [5.74, 6) is 0. The molecule has 0 saturated carbocycles. The van der Waals surface area contributed by atoms with Crippen molar-refractivity contribution in [2.24, 2.45) is 0 Å². The van der Waals surface area contributed by atoms with Crippen molar-refractivity contribution in [1.29, 1.82) is 0 Å². The second kappa shape index (κ2) is 6.84. The van der Waals surface area contributed by atoms with Crippen LogP contribution in [-0.2, 0) is 10.3 Å². The molecular weight excluding hydrogens is 306 g/mol. The minimum absolute atomic E-state index is 0.702. The SMILES string of the molecule is CC[C@](O)(CC[NH+]1CCOCC1)c1ccc(Br)cc1. The van der Waals surface area contributed by atoms with Gasteiger partial charge in [0.25, 0.3) is 0 Å². The van der Waals surface area contributed by atoms with Crippen molar-refractivity contribution < 1.29 is 14.7 Å². The van der Waals surface area contributed by atoms with Crippen molar-refractivity contribution in [2.75, 3.05) is 32.8 Å². The molecule has 2 rings (SSSR count). The van der Waals surface area contributed by atoms with E-state index in [1.54, 1.807) is 0 Å². The second-order valence-corrected chi connectivity index (χ2v) is 6.17. The van der Waals surface area contributed by atoms with E-state index in [4.69, 9.17) is 4.74 Å². The summed E-state index contributed by atoms with van der Waals surface area (Å²) >= 11 is 3.44. The molecule has 0 aromatic heterocycles. The first-order valence-corrected chi connectivity index (χ1v) is 7.83. The third kappa shape index (κ3) is 4.02. The van der Waals surface area contributed by atoms with Gasteiger partial charge in [0.15, 0.2) is 0 Å². The highest BCUT2D eigenvalue weighted by molar-refractivity contribution is 9.10. The van der Waals surface area contributed by atoms with E-state index in [0.717, 1.165) is 55.7 Å². The van der Waals surface area contributed by atoms with E-state index in [1.165, 1.54) is 4.90 Å². The van der Waals surface area contributed by atoms with Crippen LogP contribution in [-0.4, -0.2) is 38.0 Å². The zero-order valence-corrected chi connectivity index (χ0v) is 13.1. The van der Waals surface area contributed by atoms with Gasteiger partial charge in [0, 0.05) is 10.9 Å². The first-order valence-electron chi connectivity index (χ1n) is 7.04. The Labute approximate surface area is 123 Å². The van der Waals surface area contributed by atoms with Crippen molar-refractivity contribution in [3.8, 4) is 0 Å². The average Bonchev–Trinajstić information content (AvgIpc) is 2.46. The molecule has 0 bridgehead atoms. The van der Waals surface area contributed by atoms with Crippen molar-refractivity contribution >= 4 is 15.9 Å². The number of quaternary nitrogens is 1. The Kier molecular flexibility index (Phi) is 5.39. The van der Waals surface area contributed by atoms with Crippen LogP contribution in [0.5, 0.6) is 0 Å². The third-order valence-corrected chi connectivity index (χ3v) is 4.59. The molecule has 3 nitrogen and oxygen atoms in total. The van der Waals surface area contributed by atoms with E-state index in [2.05, 4.69) is 22.9 Å². The summed E-state index contributed by atoms with van der Waals surface area (Å²) in [6.07, 6.45) is 1.55. The largest absolute Gasteiger partial charge is 0.385 e. The summed E-state index contributed by atoms with van der Waals surface area (Å²) in [7, 11) is 0. The van der Waals surface area contributed by atoms with Gasteiger partial charge >= 0.3 is 0 Å². The van der Waals surface area contributed by atoms with Crippen LogP contribution in [0.3, 0.4) is 0 Å². The number of halogens is 1. The molecule has 2 N–H and O–H groups in total. The first kappa shape index (κ1) is 15.0. The Morgan fingerprint density at radius 2 is 1.89 bits per heavy atom. The van der Waals surface area contributed by atoms with Crippen LogP contribution < -0.4 is 4.90 Å². The van der Waals surface area contributed by atoms with Gasteiger partial charge in [-0.25, -0.2) is 0 Å². The van der Waals surface area contributed by atoms with Crippen LogP contribution >= 0.6 is 15.9 Å². The van der Waals surface area contributed by atoms with Gasteiger partial charge < -0.3 is 14.7 Å². The standard InChI is InChI=1S/C15H22BrNO2/c1-2-15(18,13-3-5-14(16)6-4-13)7-8-17-9-11-19-12-10-17/h3-6,18H,2,7-12H2,1H3/p+1/t15-/m0/s1. The molecule has 1 aliphatic heterocycles. The molecular formula is C15H23BrNO2+. The molecule has 1 aliphatic rings. The fourth-order valence-electron chi connectivity index (χ4n) is 2.58. The van der Waals surface area contributed by atoms with Gasteiger partial charge in [-0.05, 0) is 24.1 Å². The molecule has 1 aromatic rings. The van der Waals surface area contributed by atoms with E-state index in [9.17, 15) is 5.11 Å². The van der Waals surface area contributed by atoms with Crippen LogP contribution in [0.4, 0.5) is 0 Å².